The number of hydrogen-bond donors (Lipinski definition) is 1. The van der Waals surface area contributed by atoms with E-state index >= 15 is 0 Å². The van der Waals surface area contributed by atoms with Crippen molar-refractivity contribution in [1.82, 2.24) is 10.2 Å². The highest BCUT2D eigenvalue weighted by atomic mass is 79.9. The molecule has 0 aliphatic heterocycles. The first-order chi connectivity index (χ1) is 8.43. The van der Waals surface area contributed by atoms with Gasteiger partial charge in [0.15, 0.2) is 0 Å². The fourth-order valence-corrected chi connectivity index (χ4v) is 2.08. The topological polar surface area (TPSA) is 15.3 Å². The van der Waals surface area contributed by atoms with Crippen molar-refractivity contribution >= 4 is 15.9 Å². The minimum atomic E-state index is -0.523. The fraction of sp³-hybridized carbons (Fsp3) is 0.538. The summed E-state index contributed by atoms with van der Waals surface area (Å²) in [7, 11) is 2.01. The summed E-state index contributed by atoms with van der Waals surface area (Å²) in [5.74, 6) is -1.05. The van der Waals surface area contributed by atoms with Gasteiger partial charge in [-0.1, -0.05) is 22.9 Å². The minimum Gasteiger partial charge on any atom is -0.309 e. The summed E-state index contributed by atoms with van der Waals surface area (Å²) in [5.41, 5.74) is 0.0872. The molecule has 0 heterocycles. The maximum absolute atomic E-state index is 13.6. The molecule has 0 saturated heterocycles. The summed E-state index contributed by atoms with van der Waals surface area (Å²) in [4.78, 5) is 2.14. The molecule has 1 N–H and O–H groups in total. The van der Waals surface area contributed by atoms with Gasteiger partial charge in [-0.3, -0.25) is 0 Å². The van der Waals surface area contributed by atoms with E-state index in [9.17, 15) is 8.78 Å². The number of benzene rings is 1. The third kappa shape index (κ3) is 4.63. The van der Waals surface area contributed by atoms with Crippen molar-refractivity contribution in [2.75, 3.05) is 20.1 Å². The molecule has 0 radical (unpaired) electrons. The van der Waals surface area contributed by atoms with E-state index in [0.717, 1.165) is 13.1 Å². The highest BCUT2D eigenvalue weighted by Gasteiger charge is 2.12. The Hall–Kier alpha value is -0.520. The standard InChI is InChI=1S/C13H19BrF2N2/c1-4-18(3)8-9(2)17-7-11-12(15)5-10(14)6-13(11)16/h5-6,9,17H,4,7-8H2,1-3H3. The number of halogens is 3. The van der Waals surface area contributed by atoms with Crippen LogP contribution in [0.3, 0.4) is 0 Å². The molecule has 1 unspecified atom stereocenters. The summed E-state index contributed by atoms with van der Waals surface area (Å²) >= 11 is 3.06. The van der Waals surface area contributed by atoms with Crippen LogP contribution in [0.4, 0.5) is 8.78 Å². The maximum Gasteiger partial charge on any atom is 0.131 e. The quantitative estimate of drug-likeness (QED) is 0.866. The van der Waals surface area contributed by atoms with Crippen LogP contribution < -0.4 is 5.32 Å². The van der Waals surface area contributed by atoms with Crippen LogP contribution in [0.25, 0.3) is 0 Å². The van der Waals surface area contributed by atoms with Gasteiger partial charge in [0.05, 0.1) is 0 Å². The highest BCUT2D eigenvalue weighted by Crippen LogP contribution is 2.19. The van der Waals surface area contributed by atoms with Gasteiger partial charge in [0, 0.05) is 29.2 Å². The second-order valence-corrected chi connectivity index (χ2v) is 5.40. The molecule has 1 rings (SSSR count). The van der Waals surface area contributed by atoms with Gasteiger partial charge in [-0.05, 0) is 32.6 Å². The van der Waals surface area contributed by atoms with Crippen molar-refractivity contribution in [3.63, 3.8) is 0 Å². The van der Waals surface area contributed by atoms with Gasteiger partial charge in [-0.25, -0.2) is 8.78 Å². The molecule has 0 aliphatic carbocycles. The molecule has 5 heteroatoms. The van der Waals surface area contributed by atoms with Gasteiger partial charge in [-0.15, -0.1) is 0 Å². The highest BCUT2D eigenvalue weighted by molar-refractivity contribution is 9.10. The summed E-state index contributed by atoms with van der Waals surface area (Å²) < 4.78 is 27.6. The van der Waals surface area contributed by atoms with E-state index in [4.69, 9.17) is 0 Å². The third-order valence-corrected chi connectivity index (χ3v) is 3.32. The lowest BCUT2D eigenvalue weighted by atomic mass is 10.2. The first-order valence-corrected chi connectivity index (χ1v) is 6.78. The molecule has 2 nitrogen and oxygen atoms in total. The summed E-state index contributed by atoms with van der Waals surface area (Å²) in [5, 5.41) is 3.13. The molecule has 0 bridgehead atoms. The van der Waals surface area contributed by atoms with Crippen LogP contribution in [0.1, 0.15) is 19.4 Å². The van der Waals surface area contributed by atoms with E-state index in [1.807, 2.05) is 14.0 Å². The van der Waals surface area contributed by atoms with E-state index in [1.165, 1.54) is 12.1 Å². The van der Waals surface area contributed by atoms with Crippen LogP contribution in [0, 0.1) is 11.6 Å². The predicted octanol–water partition coefficient (Wildman–Crippen LogP) is 3.16. The Labute approximate surface area is 115 Å². The molecular weight excluding hydrogens is 302 g/mol. The summed E-state index contributed by atoms with van der Waals surface area (Å²) in [6.45, 7) is 6.06. The Morgan fingerprint density at radius 3 is 2.39 bits per heavy atom. The van der Waals surface area contributed by atoms with Crippen LogP contribution in [-0.4, -0.2) is 31.1 Å². The maximum atomic E-state index is 13.6. The molecular formula is C13H19BrF2N2. The number of likely N-dealkylation sites (N-methyl/N-ethyl adjacent to an activating group) is 1. The molecule has 0 saturated carbocycles. The third-order valence-electron chi connectivity index (χ3n) is 2.86. The normalized spacial score (nSPS) is 13.1. The van der Waals surface area contributed by atoms with Gasteiger partial charge in [0.25, 0.3) is 0 Å². The predicted molar refractivity (Wildman–Crippen MR) is 73.5 cm³/mol. The second kappa shape index (κ2) is 7.16. The Balaban J connectivity index is 2.58. The summed E-state index contributed by atoms with van der Waals surface area (Å²) in [6, 6.07) is 2.74. The number of nitrogens with zero attached hydrogens (tertiary/aromatic N) is 1. The van der Waals surface area contributed by atoms with Crippen LogP contribution in [0.5, 0.6) is 0 Å². The Morgan fingerprint density at radius 2 is 1.89 bits per heavy atom. The van der Waals surface area contributed by atoms with E-state index in [-0.39, 0.29) is 18.2 Å². The van der Waals surface area contributed by atoms with Crippen molar-refractivity contribution in [2.24, 2.45) is 0 Å². The van der Waals surface area contributed by atoms with Crippen molar-refractivity contribution in [1.29, 1.82) is 0 Å². The average molecular weight is 321 g/mol. The molecule has 0 spiro atoms. The number of rotatable bonds is 6. The second-order valence-electron chi connectivity index (χ2n) is 4.48. The lowest BCUT2D eigenvalue weighted by Gasteiger charge is -2.21. The Morgan fingerprint density at radius 1 is 1.33 bits per heavy atom. The first-order valence-electron chi connectivity index (χ1n) is 5.99. The molecule has 1 aromatic rings. The van der Waals surface area contributed by atoms with E-state index < -0.39 is 11.6 Å². The molecule has 0 aliphatic rings. The van der Waals surface area contributed by atoms with Gasteiger partial charge in [0.1, 0.15) is 11.6 Å². The first kappa shape index (κ1) is 15.5. The molecule has 102 valence electrons. The van der Waals surface area contributed by atoms with Gasteiger partial charge in [0.2, 0.25) is 0 Å². The molecule has 1 atom stereocenters. The van der Waals surface area contributed by atoms with E-state index in [1.54, 1.807) is 0 Å². The monoisotopic (exact) mass is 320 g/mol. The Kier molecular flexibility index (Phi) is 6.18. The zero-order valence-electron chi connectivity index (χ0n) is 10.9. The molecule has 18 heavy (non-hydrogen) atoms. The van der Waals surface area contributed by atoms with Crippen LogP contribution >= 0.6 is 15.9 Å². The molecule has 0 aromatic heterocycles. The van der Waals surface area contributed by atoms with E-state index in [2.05, 4.69) is 33.1 Å². The van der Waals surface area contributed by atoms with Crippen molar-refractivity contribution in [3.8, 4) is 0 Å². The molecule has 0 fully saturated rings. The Bertz CT molecular complexity index is 376. The van der Waals surface area contributed by atoms with Crippen molar-refractivity contribution in [2.45, 2.75) is 26.4 Å². The van der Waals surface area contributed by atoms with Gasteiger partial charge in [-0.2, -0.15) is 0 Å². The lowest BCUT2D eigenvalue weighted by Crippen LogP contribution is -2.37. The number of nitrogens with one attached hydrogen (secondary N) is 1. The fourth-order valence-electron chi connectivity index (χ4n) is 1.68. The largest absolute Gasteiger partial charge is 0.309 e. The average Bonchev–Trinajstić information content (AvgIpc) is 2.27. The molecule has 1 aromatic carbocycles. The number of hydrogen-bond acceptors (Lipinski definition) is 2. The van der Waals surface area contributed by atoms with Crippen molar-refractivity contribution in [3.05, 3.63) is 33.8 Å². The SMILES string of the molecule is CCN(C)CC(C)NCc1c(F)cc(Br)cc1F. The smallest absolute Gasteiger partial charge is 0.131 e. The van der Waals surface area contributed by atoms with Gasteiger partial charge >= 0.3 is 0 Å². The summed E-state index contributed by atoms with van der Waals surface area (Å²) in [6.07, 6.45) is 0. The van der Waals surface area contributed by atoms with Crippen molar-refractivity contribution < 1.29 is 8.78 Å². The molecule has 0 amide bonds. The zero-order chi connectivity index (χ0) is 13.7. The van der Waals surface area contributed by atoms with E-state index in [0.29, 0.717) is 4.47 Å². The van der Waals surface area contributed by atoms with Crippen LogP contribution in [0.2, 0.25) is 0 Å². The van der Waals surface area contributed by atoms with Crippen LogP contribution in [0.15, 0.2) is 16.6 Å². The zero-order valence-corrected chi connectivity index (χ0v) is 12.5. The minimum absolute atomic E-state index is 0.0872. The lowest BCUT2D eigenvalue weighted by molar-refractivity contribution is 0.308. The van der Waals surface area contributed by atoms with Gasteiger partial charge < -0.3 is 10.2 Å². The van der Waals surface area contributed by atoms with Crippen LogP contribution in [-0.2, 0) is 6.54 Å².